The first-order valence-electron chi connectivity index (χ1n) is 11.2. The lowest BCUT2D eigenvalue weighted by Crippen LogP contribution is -2.74. The lowest BCUT2D eigenvalue weighted by molar-refractivity contribution is 1.21. The van der Waals surface area contributed by atoms with Gasteiger partial charge in [-0.2, -0.15) is 0 Å². The van der Waals surface area contributed by atoms with Crippen molar-refractivity contribution >= 4 is 20.9 Å². The molecular formula is C30H18B3N3. The van der Waals surface area contributed by atoms with Crippen LogP contribution in [0.2, 0.25) is 0 Å². The van der Waals surface area contributed by atoms with Crippen molar-refractivity contribution in [2.24, 2.45) is 0 Å². The van der Waals surface area contributed by atoms with Gasteiger partial charge in [0.15, 0.2) is 0 Å². The van der Waals surface area contributed by atoms with Crippen LogP contribution in [0.15, 0.2) is 72.8 Å². The standard InChI is InChI=1S/C30H18B3N3/c1-4-25-7-13-28(14-8-25)19-22-31-34-32(23-20-29-15-9-26(5-2)10-16-29)36-33(35-31)24-21-30-17-11-27(6-3)12-18-30/h1-3,7-18,34-36H. The van der Waals surface area contributed by atoms with Gasteiger partial charge in [-0.15, -0.1) is 36.7 Å². The third-order valence-electron chi connectivity index (χ3n) is 5.24. The molecule has 1 aliphatic rings. The maximum atomic E-state index is 5.44. The van der Waals surface area contributed by atoms with Gasteiger partial charge in [0.2, 0.25) is 0 Å². The summed E-state index contributed by atoms with van der Waals surface area (Å²) in [6, 6.07) is 22.6. The molecular weight excluding hydrogens is 435 g/mol. The van der Waals surface area contributed by atoms with Gasteiger partial charge in [-0.05, 0) is 72.8 Å². The Hall–Kier alpha value is -4.91. The third kappa shape index (κ3) is 6.80. The molecule has 1 fully saturated rings. The highest BCUT2D eigenvalue weighted by Crippen LogP contribution is 2.03. The molecule has 1 saturated heterocycles. The summed E-state index contributed by atoms with van der Waals surface area (Å²) in [4.78, 5) is 0. The largest absolute Gasteiger partial charge is 0.376 e. The normalized spacial score (nSPS) is 11.8. The lowest BCUT2D eigenvalue weighted by atomic mass is 9.50. The van der Waals surface area contributed by atoms with Crippen LogP contribution in [0.5, 0.6) is 0 Å². The van der Waals surface area contributed by atoms with E-state index in [1.807, 2.05) is 72.8 Å². The fraction of sp³-hybridized carbons (Fsp3) is 0. The fourth-order valence-corrected chi connectivity index (χ4v) is 3.31. The minimum atomic E-state index is -0.343. The minimum absolute atomic E-state index is 0.343. The third-order valence-corrected chi connectivity index (χ3v) is 5.24. The SMILES string of the molecule is C#Cc1ccc(C#CB2NB(C#Cc3ccc(C#C)cc3)NB(C#Cc3ccc(C#C)cc3)N2)cc1. The molecule has 3 aromatic rings. The highest BCUT2D eigenvalue weighted by Gasteiger charge is 2.33. The molecule has 6 heteroatoms. The monoisotopic (exact) mass is 453 g/mol. The zero-order valence-corrected chi connectivity index (χ0v) is 19.4. The Bertz CT molecular complexity index is 1350. The molecule has 162 valence electrons. The van der Waals surface area contributed by atoms with E-state index in [4.69, 9.17) is 19.3 Å². The van der Waals surface area contributed by atoms with Crippen molar-refractivity contribution in [3.8, 4) is 72.3 Å². The van der Waals surface area contributed by atoms with Gasteiger partial charge in [0.1, 0.15) is 0 Å². The van der Waals surface area contributed by atoms with Gasteiger partial charge in [-0.3, -0.25) is 0 Å². The summed E-state index contributed by atoms with van der Waals surface area (Å²) < 4.78 is 0. The van der Waals surface area contributed by atoms with Gasteiger partial charge in [-0.1, -0.05) is 35.5 Å². The smallest absolute Gasteiger partial charge is 0.348 e. The maximum absolute atomic E-state index is 5.44. The van der Waals surface area contributed by atoms with E-state index in [-0.39, 0.29) is 20.9 Å². The first-order chi connectivity index (χ1) is 17.6. The van der Waals surface area contributed by atoms with E-state index in [0.29, 0.717) is 0 Å². The molecule has 1 heterocycles. The van der Waals surface area contributed by atoms with Crippen LogP contribution in [0.1, 0.15) is 33.4 Å². The number of benzene rings is 3. The minimum Gasteiger partial charge on any atom is -0.348 e. The summed E-state index contributed by atoms with van der Waals surface area (Å²) in [7, 11) is 0. The van der Waals surface area contributed by atoms with Crippen molar-refractivity contribution in [1.29, 1.82) is 0 Å². The summed E-state index contributed by atoms with van der Waals surface area (Å²) >= 11 is 0. The highest BCUT2D eigenvalue weighted by atomic mass is 15.0. The molecule has 0 bridgehead atoms. The molecule has 0 saturated carbocycles. The number of nitrogens with one attached hydrogen (secondary N) is 3. The van der Waals surface area contributed by atoms with Crippen molar-refractivity contribution in [3.63, 3.8) is 0 Å². The molecule has 3 N–H and O–H groups in total. The zero-order valence-electron chi connectivity index (χ0n) is 19.4. The second kappa shape index (κ2) is 12.0. The summed E-state index contributed by atoms with van der Waals surface area (Å²) in [5, 5.41) is 10.1. The summed E-state index contributed by atoms with van der Waals surface area (Å²) in [6.07, 6.45) is 16.3. The van der Waals surface area contributed by atoms with E-state index in [1.165, 1.54) is 0 Å². The van der Waals surface area contributed by atoms with Crippen LogP contribution in [0.25, 0.3) is 0 Å². The first-order valence-corrected chi connectivity index (χ1v) is 11.2. The molecule has 0 atom stereocenters. The fourth-order valence-electron chi connectivity index (χ4n) is 3.31. The second-order valence-electron chi connectivity index (χ2n) is 7.77. The van der Waals surface area contributed by atoms with Crippen LogP contribution in [0, 0.1) is 72.3 Å². The number of hydrogen-bond acceptors (Lipinski definition) is 3. The van der Waals surface area contributed by atoms with Gasteiger partial charge < -0.3 is 15.4 Å². The molecule has 3 aromatic carbocycles. The molecule has 0 aliphatic carbocycles. The molecule has 1 aliphatic heterocycles. The lowest BCUT2D eigenvalue weighted by Gasteiger charge is -2.25. The average Bonchev–Trinajstić information content (AvgIpc) is 2.94. The maximum Gasteiger partial charge on any atom is 0.376 e. The van der Waals surface area contributed by atoms with E-state index in [2.05, 4.69) is 68.4 Å². The van der Waals surface area contributed by atoms with Gasteiger partial charge >= 0.3 is 20.9 Å². The Labute approximate surface area is 214 Å². The van der Waals surface area contributed by atoms with E-state index in [9.17, 15) is 0 Å². The van der Waals surface area contributed by atoms with Gasteiger partial charge in [0, 0.05) is 33.4 Å². The Morgan fingerprint density at radius 1 is 0.389 bits per heavy atom. The highest BCUT2D eigenvalue weighted by molar-refractivity contribution is 6.94. The van der Waals surface area contributed by atoms with Crippen LogP contribution in [-0.2, 0) is 0 Å². The van der Waals surface area contributed by atoms with Gasteiger partial charge in [0.25, 0.3) is 0 Å². The molecule has 36 heavy (non-hydrogen) atoms. The van der Waals surface area contributed by atoms with Crippen LogP contribution in [0.3, 0.4) is 0 Å². The van der Waals surface area contributed by atoms with E-state index < -0.39 is 0 Å². The van der Waals surface area contributed by atoms with Gasteiger partial charge in [0.05, 0.1) is 0 Å². The summed E-state index contributed by atoms with van der Waals surface area (Å²) in [6.45, 7) is -1.03. The Kier molecular flexibility index (Phi) is 8.07. The average molecular weight is 453 g/mol. The number of rotatable bonds is 0. The van der Waals surface area contributed by atoms with Crippen LogP contribution in [-0.4, -0.2) is 20.9 Å². The molecule has 0 aromatic heterocycles. The number of terminal acetylenes is 3. The van der Waals surface area contributed by atoms with Crippen molar-refractivity contribution in [1.82, 2.24) is 15.4 Å². The summed E-state index contributed by atoms with van der Waals surface area (Å²) in [5.74, 6) is 27.0. The topological polar surface area (TPSA) is 36.1 Å². The van der Waals surface area contributed by atoms with E-state index in [1.54, 1.807) is 0 Å². The predicted octanol–water partition coefficient (Wildman–Crippen LogP) is 1.95. The van der Waals surface area contributed by atoms with E-state index in [0.717, 1.165) is 33.4 Å². The van der Waals surface area contributed by atoms with Crippen molar-refractivity contribution in [2.45, 2.75) is 0 Å². The number of hydrogen-bond donors (Lipinski definition) is 3. The first kappa shape index (κ1) is 24.2. The Morgan fingerprint density at radius 2 is 0.611 bits per heavy atom. The van der Waals surface area contributed by atoms with Crippen LogP contribution in [0.4, 0.5) is 0 Å². The second-order valence-corrected chi connectivity index (χ2v) is 7.77. The quantitative estimate of drug-likeness (QED) is 0.360. The van der Waals surface area contributed by atoms with Crippen LogP contribution < -0.4 is 15.4 Å². The van der Waals surface area contributed by atoms with E-state index >= 15 is 0 Å². The Balaban J connectivity index is 1.55. The van der Waals surface area contributed by atoms with Crippen LogP contribution >= 0.6 is 0 Å². The van der Waals surface area contributed by atoms with Gasteiger partial charge in [-0.25, -0.2) is 0 Å². The van der Waals surface area contributed by atoms with Crippen molar-refractivity contribution < 1.29 is 0 Å². The van der Waals surface area contributed by atoms with Crippen molar-refractivity contribution in [2.75, 3.05) is 0 Å². The molecule has 4 rings (SSSR count). The molecule has 3 nitrogen and oxygen atoms in total. The molecule has 0 unspecified atom stereocenters. The predicted molar refractivity (Wildman–Crippen MR) is 150 cm³/mol. The molecule has 0 spiro atoms. The van der Waals surface area contributed by atoms with Crippen molar-refractivity contribution in [3.05, 3.63) is 106 Å². The zero-order chi connectivity index (χ0) is 25.2. The molecule has 0 amide bonds. The molecule has 0 radical (unpaired) electrons. The Morgan fingerprint density at radius 3 is 0.833 bits per heavy atom. The summed E-state index contributed by atoms with van der Waals surface area (Å²) in [5.41, 5.74) is 5.04.